The van der Waals surface area contributed by atoms with Gasteiger partial charge in [0, 0.05) is 28.3 Å². The molecule has 0 unspecified atom stereocenters. The van der Waals surface area contributed by atoms with Crippen molar-refractivity contribution in [2.75, 3.05) is 5.73 Å². The Bertz CT molecular complexity index is 596. The van der Waals surface area contributed by atoms with Crippen LogP contribution in [0.1, 0.15) is 30.1 Å². The summed E-state index contributed by atoms with van der Waals surface area (Å²) in [6, 6.07) is 5.53. The molecule has 4 N–H and O–H groups in total. The van der Waals surface area contributed by atoms with Crippen molar-refractivity contribution in [3.8, 4) is 0 Å². The highest BCUT2D eigenvalue weighted by Crippen LogP contribution is 2.35. The number of rotatable bonds is 2. The first-order valence-electron chi connectivity index (χ1n) is 5.77. The maximum absolute atomic E-state index is 12.1. The van der Waals surface area contributed by atoms with E-state index in [2.05, 4.69) is 17.2 Å². The molecule has 1 aliphatic carbocycles. The largest absolute Gasteiger partial charge is 0.399 e. The molecular weight excluding hydrogens is 214 g/mol. The summed E-state index contributed by atoms with van der Waals surface area (Å²) in [5, 5.41) is 3.97. The smallest absolute Gasteiger partial charge is 0.253 e. The number of hydrogen-bond donors (Lipinski definition) is 3. The molecule has 1 aromatic heterocycles. The van der Waals surface area contributed by atoms with E-state index in [-0.39, 0.29) is 11.4 Å². The predicted octanol–water partition coefficient (Wildman–Crippen LogP) is 2.03. The molecule has 4 heteroatoms. The topological polar surface area (TPSA) is 70.9 Å². The highest BCUT2D eigenvalue weighted by molar-refractivity contribution is 6.07. The standard InChI is InChI=1S/C13H15N3O/c1-13(4-5-13)16-12(17)10-7-15-11-6-8(14)2-3-9(10)11/h2-3,6-7,15H,4-5,14H2,1H3,(H,16,17). The van der Waals surface area contributed by atoms with Crippen molar-refractivity contribution in [1.82, 2.24) is 10.3 Å². The van der Waals surface area contributed by atoms with E-state index in [1.54, 1.807) is 6.20 Å². The SMILES string of the molecule is CC1(NC(=O)c2c[nH]c3cc(N)ccc23)CC1. The molecule has 4 nitrogen and oxygen atoms in total. The molecule has 0 bridgehead atoms. The van der Waals surface area contributed by atoms with Gasteiger partial charge in [0.25, 0.3) is 5.91 Å². The van der Waals surface area contributed by atoms with Crippen LogP contribution < -0.4 is 11.1 Å². The summed E-state index contributed by atoms with van der Waals surface area (Å²) in [4.78, 5) is 15.2. The zero-order valence-electron chi connectivity index (χ0n) is 9.71. The Labute approximate surface area is 99.2 Å². The van der Waals surface area contributed by atoms with Crippen LogP contribution in [0.2, 0.25) is 0 Å². The third-order valence-electron chi connectivity index (χ3n) is 3.37. The number of nitrogens with one attached hydrogen (secondary N) is 2. The van der Waals surface area contributed by atoms with Crippen LogP contribution in [0.3, 0.4) is 0 Å². The number of aromatic amines is 1. The number of nitrogen functional groups attached to an aromatic ring is 1. The predicted molar refractivity (Wildman–Crippen MR) is 67.8 cm³/mol. The normalized spacial score (nSPS) is 17.0. The quantitative estimate of drug-likeness (QED) is 0.689. The van der Waals surface area contributed by atoms with E-state index < -0.39 is 0 Å². The van der Waals surface area contributed by atoms with Crippen LogP contribution in [0.25, 0.3) is 10.9 Å². The first-order chi connectivity index (χ1) is 8.07. The average molecular weight is 229 g/mol. The number of fused-ring (bicyclic) bond motifs is 1. The summed E-state index contributed by atoms with van der Waals surface area (Å²) in [7, 11) is 0. The van der Waals surface area contributed by atoms with Crippen LogP contribution in [0, 0.1) is 0 Å². The van der Waals surface area contributed by atoms with Gasteiger partial charge in [0.2, 0.25) is 0 Å². The minimum absolute atomic E-state index is 0.00842. The van der Waals surface area contributed by atoms with Crippen molar-refractivity contribution >= 4 is 22.5 Å². The minimum atomic E-state index is -0.0129. The number of carbonyl (C=O) groups is 1. The van der Waals surface area contributed by atoms with Crippen LogP contribution in [0.15, 0.2) is 24.4 Å². The molecule has 1 heterocycles. The molecule has 0 aliphatic heterocycles. The van der Waals surface area contributed by atoms with E-state index in [4.69, 9.17) is 5.73 Å². The second-order valence-corrected chi connectivity index (χ2v) is 5.02. The Morgan fingerprint density at radius 3 is 2.94 bits per heavy atom. The Kier molecular flexibility index (Phi) is 1.96. The molecule has 0 spiro atoms. The third-order valence-corrected chi connectivity index (χ3v) is 3.37. The lowest BCUT2D eigenvalue weighted by atomic mass is 10.1. The van der Waals surface area contributed by atoms with Gasteiger partial charge in [0.1, 0.15) is 0 Å². The fraction of sp³-hybridized carbons (Fsp3) is 0.308. The van der Waals surface area contributed by atoms with Gasteiger partial charge in [-0.15, -0.1) is 0 Å². The summed E-state index contributed by atoms with van der Waals surface area (Å²) in [6.45, 7) is 2.07. The van der Waals surface area contributed by atoms with E-state index in [1.807, 2.05) is 18.2 Å². The van der Waals surface area contributed by atoms with Gasteiger partial charge in [-0.2, -0.15) is 0 Å². The zero-order chi connectivity index (χ0) is 12.0. The Morgan fingerprint density at radius 1 is 1.47 bits per heavy atom. The van der Waals surface area contributed by atoms with Crippen molar-refractivity contribution in [3.05, 3.63) is 30.0 Å². The molecule has 17 heavy (non-hydrogen) atoms. The van der Waals surface area contributed by atoms with Crippen molar-refractivity contribution < 1.29 is 4.79 Å². The second kappa shape index (κ2) is 3.26. The van der Waals surface area contributed by atoms with Crippen molar-refractivity contribution in [1.29, 1.82) is 0 Å². The number of anilines is 1. The van der Waals surface area contributed by atoms with Gasteiger partial charge >= 0.3 is 0 Å². The molecule has 1 fully saturated rings. The molecule has 0 atom stereocenters. The fourth-order valence-corrected chi connectivity index (χ4v) is 1.99. The number of carbonyl (C=O) groups excluding carboxylic acids is 1. The molecule has 3 rings (SSSR count). The molecule has 88 valence electrons. The van der Waals surface area contributed by atoms with E-state index in [1.165, 1.54) is 0 Å². The first-order valence-corrected chi connectivity index (χ1v) is 5.77. The zero-order valence-corrected chi connectivity index (χ0v) is 9.71. The van der Waals surface area contributed by atoms with Crippen LogP contribution in [-0.2, 0) is 0 Å². The van der Waals surface area contributed by atoms with Gasteiger partial charge in [0.15, 0.2) is 0 Å². The van der Waals surface area contributed by atoms with Gasteiger partial charge in [-0.3, -0.25) is 4.79 Å². The molecular formula is C13H15N3O. The van der Waals surface area contributed by atoms with Crippen LogP contribution in [0.5, 0.6) is 0 Å². The maximum atomic E-state index is 12.1. The van der Waals surface area contributed by atoms with Crippen molar-refractivity contribution in [3.63, 3.8) is 0 Å². The first kappa shape index (κ1) is 10.2. The molecule has 1 amide bonds. The van der Waals surface area contributed by atoms with Gasteiger partial charge < -0.3 is 16.0 Å². The lowest BCUT2D eigenvalue weighted by molar-refractivity contribution is 0.0937. The molecule has 1 aliphatic rings. The fourth-order valence-electron chi connectivity index (χ4n) is 1.99. The van der Waals surface area contributed by atoms with Crippen LogP contribution in [-0.4, -0.2) is 16.4 Å². The Morgan fingerprint density at radius 2 is 2.24 bits per heavy atom. The lowest BCUT2D eigenvalue weighted by Gasteiger charge is -2.10. The highest BCUT2D eigenvalue weighted by Gasteiger charge is 2.39. The number of amides is 1. The highest BCUT2D eigenvalue weighted by atomic mass is 16.1. The van der Waals surface area contributed by atoms with E-state index >= 15 is 0 Å². The number of aromatic nitrogens is 1. The van der Waals surface area contributed by atoms with Crippen molar-refractivity contribution in [2.45, 2.75) is 25.3 Å². The second-order valence-electron chi connectivity index (χ2n) is 5.02. The summed E-state index contributed by atoms with van der Waals surface area (Å²) >= 11 is 0. The van der Waals surface area contributed by atoms with Gasteiger partial charge in [-0.1, -0.05) is 0 Å². The lowest BCUT2D eigenvalue weighted by Crippen LogP contribution is -2.34. The summed E-state index contributed by atoms with van der Waals surface area (Å²) in [5.74, 6) is -0.0129. The van der Waals surface area contributed by atoms with Gasteiger partial charge in [-0.05, 0) is 38.0 Å². The van der Waals surface area contributed by atoms with Crippen LogP contribution >= 0.6 is 0 Å². The Balaban J connectivity index is 1.97. The molecule has 1 saturated carbocycles. The van der Waals surface area contributed by atoms with Gasteiger partial charge in [-0.25, -0.2) is 0 Å². The summed E-state index contributed by atoms with van der Waals surface area (Å²) in [5.41, 5.74) is 7.99. The number of H-pyrrole nitrogens is 1. The van der Waals surface area contributed by atoms with E-state index in [0.29, 0.717) is 11.3 Å². The Hall–Kier alpha value is -1.97. The summed E-state index contributed by atoms with van der Waals surface area (Å²) in [6.07, 6.45) is 3.87. The summed E-state index contributed by atoms with van der Waals surface area (Å²) < 4.78 is 0. The molecule has 0 radical (unpaired) electrons. The monoisotopic (exact) mass is 229 g/mol. The minimum Gasteiger partial charge on any atom is -0.399 e. The van der Waals surface area contributed by atoms with E-state index in [0.717, 1.165) is 23.7 Å². The maximum Gasteiger partial charge on any atom is 0.253 e. The average Bonchev–Trinajstić information content (AvgIpc) is 2.86. The molecule has 1 aromatic carbocycles. The van der Waals surface area contributed by atoms with Crippen LogP contribution in [0.4, 0.5) is 5.69 Å². The van der Waals surface area contributed by atoms with E-state index in [9.17, 15) is 4.79 Å². The third kappa shape index (κ3) is 1.75. The molecule has 2 aromatic rings. The van der Waals surface area contributed by atoms with Gasteiger partial charge in [0.05, 0.1) is 5.56 Å². The number of nitrogens with two attached hydrogens (primary N) is 1. The number of hydrogen-bond acceptors (Lipinski definition) is 2. The molecule has 0 saturated heterocycles. The number of benzene rings is 1. The van der Waals surface area contributed by atoms with Crippen molar-refractivity contribution in [2.24, 2.45) is 0 Å².